The van der Waals surface area contributed by atoms with Crippen molar-refractivity contribution < 1.29 is 13.2 Å². The van der Waals surface area contributed by atoms with Crippen molar-refractivity contribution >= 4 is 21.6 Å². The molecule has 120 valence electrons. The largest absolute Gasteiger partial charge is 0.493 e. The summed E-state index contributed by atoms with van der Waals surface area (Å²) in [6.07, 6.45) is 1.37. The molecule has 0 unspecified atom stereocenters. The number of ether oxygens (including phenoxy) is 1. The summed E-state index contributed by atoms with van der Waals surface area (Å²) >= 11 is 6.13. The molecule has 0 atom stereocenters. The number of benzene rings is 1. The molecule has 0 amide bonds. The third-order valence-electron chi connectivity index (χ3n) is 3.96. The summed E-state index contributed by atoms with van der Waals surface area (Å²) in [4.78, 5) is 0. The zero-order valence-electron chi connectivity index (χ0n) is 13.1. The Morgan fingerprint density at radius 3 is 2.05 bits per heavy atom. The fraction of sp³-hybridized carbons (Fsp3) is 0.600. The summed E-state index contributed by atoms with van der Waals surface area (Å²) in [5, 5.41) is 5.94. The van der Waals surface area contributed by atoms with Crippen molar-refractivity contribution in [1.29, 1.82) is 0 Å². The fourth-order valence-electron chi connectivity index (χ4n) is 2.35. The number of nitrogens with two attached hydrogens (primary N) is 1. The number of hydrogen-bond acceptors (Lipinski definition) is 3. The predicted octanol–water partition coefficient (Wildman–Crippen LogP) is 3.43. The van der Waals surface area contributed by atoms with Gasteiger partial charge in [0.25, 0.3) is 0 Å². The van der Waals surface area contributed by atoms with E-state index in [-0.39, 0.29) is 5.75 Å². The lowest BCUT2D eigenvalue weighted by Gasteiger charge is -2.30. The Morgan fingerprint density at radius 2 is 1.67 bits per heavy atom. The van der Waals surface area contributed by atoms with Gasteiger partial charge in [-0.25, -0.2) is 13.6 Å². The number of aryl methyl sites for hydroxylation is 2. The molecule has 0 saturated heterocycles. The van der Waals surface area contributed by atoms with E-state index < -0.39 is 15.4 Å². The molecule has 4 nitrogen and oxygen atoms in total. The molecule has 0 aliphatic heterocycles. The first-order chi connectivity index (χ1) is 9.62. The standard InChI is InChI=1S/C15H24ClNO3S/c1-5-15(6-2,10-21(17,18)19)9-20-13-7-11(3)14(16)12(4)8-13/h7-8H,5-6,9-10H2,1-4H3,(H2,17,18,19). The van der Waals surface area contributed by atoms with Crippen LogP contribution in [-0.4, -0.2) is 20.8 Å². The first kappa shape index (κ1) is 18.3. The van der Waals surface area contributed by atoms with Gasteiger partial charge in [0, 0.05) is 10.4 Å². The van der Waals surface area contributed by atoms with Gasteiger partial charge < -0.3 is 4.74 Å². The van der Waals surface area contributed by atoms with E-state index in [1.165, 1.54) is 0 Å². The molecule has 1 aromatic rings. The summed E-state index contributed by atoms with van der Waals surface area (Å²) in [6, 6.07) is 3.73. The van der Waals surface area contributed by atoms with Crippen LogP contribution < -0.4 is 9.88 Å². The van der Waals surface area contributed by atoms with Gasteiger partial charge >= 0.3 is 0 Å². The zero-order chi connectivity index (χ0) is 16.3. The number of rotatable bonds is 7. The van der Waals surface area contributed by atoms with Crippen LogP contribution in [0.1, 0.15) is 37.8 Å². The first-order valence-electron chi connectivity index (χ1n) is 7.02. The number of hydrogen-bond donors (Lipinski definition) is 1. The molecule has 0 radical (unpaired) electrons. The Hall–Kier alpha value is -0.780. The smallest absolute Gasteiger partial charge is 0.209 e. The third kappa shape index (κ3) is 5.16. The second-order valence-corrected chi connectivity index (χ2v) is 7.67. The minimum Gasteiger partial charge on any atom is -0.493 e. The maximum atomic E-state index is 11.4. The Kier molecular flexibility index (Phi) is 6.08. The van der Waals surface area contributed by atoms with Gasteiger partial charge in [0.15, 0.2) is 0 Å². The molecule has 0 heterocycles. The van der Waals surface area contributed by atoms with Crippen molar-refractivity contribution in [3.05, 3.63) is 28.3 Å². The lowest BCUT2D eigenvalue weighted by atomic mass is 9.85. The van der Waals surface area contributed by atoms with Crippen LogP contribution in [0.4, 0.5) is 0 Å². The molecule has 0 aliphatic carbocycles. The molecule has 0 fully saturated rings. The average molecular weight is 334 g/mol. The van der Waals surface area contributed by atoms with Crippen molar-refractivity contribution in [3.8, 4) is 5.75 Å². The van der Waals surface area contributed by atoms with Crippen molar-refractivity contribution in [2.24, 2.45) is 10.6 Å². The van der Waals surface area contributed by atoms with Crippen molar-refractivity contribution in [2.45, 2.75) is 40.5 Å². The quantitative estimate of drug-likeness (QED) is 0.831. The molecule has 2 N–H and O–H groups in total. The lowest BCUT2D eigenvalue weighted by Crippen LogP contribution is -2.37. The topological polar surface area (TPSA) is 69.4 Å². The summed E-state index contributed by atoms with van der Waals surface area (Å²) in [6.45, 7) is 8.06. The van der Waals surface area contributed by atoms with Crippen LogP contribution in [0.15, 0.2) is 12.1 Å². The first-order valence-corrected chi connectivity index (χ1v) is 9.12. The third-order valence-corrected chi connectivity index (χ3v) is 5.57. The summed E-state index contributed by atoms with van der Waals surface area (Å²) in [5.41, 5.74) is 1.42. The van der Waals surface area contributed by atoms with Gasteiger partial charge in [0.05, 0.1) is 12.4 Å². The van der Waals surface area contributed by atoms with Gasteiger partial charge in [0.2, 0.25) is 10.0 Å². The molecular formula is C15H24ClNO3S. The minimum absolute atomic E-state index is 0.0709. The van der Waals surface area contributed by atoms with Crippen molar-refractivity contribution in [2.75, 3.05) is 12.4 Å². The monoisotopic (exact) mass is 333 g/mol. The Labute approximate surface area is 132 Å². The molecular weight excluding hydrogens is 310 g/mol. The normalized spacial score (nSPS) is 12.5. The number of sulfonamides is 1. The highest BCUT2D eigenvalue weighted by Gasteiger charge is 2.32. The molecule has 6 heteroatoms. The minimum atomic E-state index is -3.53. The van der Waals surface area contributed by atoms with Gasteiger partial charge in [-0.05, 0) is 49.9 Å². The number of primary sulfonamides is 1. The van der Waals surface area contributed by atoms with Gasteiger partial charge in [-0.2, -0.15) is 0 Å². The molecule has 1 aromatic carbocycles. The molecule has 0 spiro atoms. The highest BCUT2D eigenvalue weighted by atomic mass is 35.5. The maximum Gasteiger partial charge on any atom is 0.209 e. The highest BCUT2D eigenvalue weighted by Crippen LogP contribution is 2.31. The Balaban J connectivity index is 2.92. The van der Waals surface area contributed by atoms with E-state index in [2.05, 4.69) is 0 Å². The van der Waals surface area contributed by atoms with E-state index in [1.807, 2.05) is 39.8 Å². The van der Waals surface area contributed by atoms with E-state index in [0.717, 1.165) is 16.1 Å². The van der Waals surface area contributed by atoms with Crippen LogP contribution in [-0.2, 0) is 10.0 Å². The highest BCUT2D eigenvalue weighted by molar-refractivity contribution is 7.89. The maximum absolute atomic E-state index is 11.4. The van der Waals surface area contributed by atoms with E-state index in [0.29, 0.717) is 25.2 Å². The molecule has 1 rings (SSSR count). The molecule has 0 saturated carbocycles. The van der Waals surface area contributed by atoms with E-state index >= 15 is 0 Å². The van der Waals surface area contributed by atoms with Gasteiger partial charge in [0.1, 0.15) is 5.75 Å². The summed E-state index contributed by atoms with van der Waals surface area (Å²) in [5.74, 6) is 0.633. The average Bonchev–Trinajstić information content (AvgIpc) is 2.39. The van der Waals surface area contributed by atoms with E-state index in [4.69, 9.17) is 21.5 Å². The van der Waals surface area contributed by atoms with Crippen LogP contribution in [0.5, 0.6) is 5.75 Å². The predicted molar refractivity (Wildman–Crippen MR) is 87.4 cm³/mol. The fourth-order valence-corrected chi connectivity index (χ4v) is 3.81. The Bertz CT molecular complexity index is 572. The molecule has 21 heavy (non-hydrogen) atoms. The Morgan fingerprint density at radius 1 is 1.19 bits per heavy atom. The second-order valence-electron chi connectivity index (χ2n) is 5.67. The molecule has 0 aromatic heterocycles. The zero-order valence-corrected chi connectivity index (χ0v) is 14.6. The summed E-state index contributed by atoms with van der Waals surface area (Å²) < 4.78 is 28.7. The van der Waals surface area contributed by atoms with E-state index in [9.17, 15) is 8.42 Å². The second kappa shape index (κ2) is 6.99. The molecule has 0 aliphatic rings. The van der Waals surface area contributed by atoms with Crippen LogP contribution in [0.3, 0.4) is 0 Å². The van der Waals surface area contributed by atoms with Gasteiger partial charge in [-0.1, -0.05) is 25.4 Å². The van der Waals surface area contributed by atoms with Crippen LogP contribution in [0.25, 0.3) is 0 Å². The van der Waals surface area contributed by atoms with Crippen molar-refractivity contribution in [1.82, 2.24) is 0 Å². The van der Waals surface area contributed by atoms with Crippen LogP contribution in [0.2, 0.25) is 5.02 Å². The van der Waals surface area contributed by atoms with Gasteiger partial charge in [-0.3, -0.25) is 0 Å². The summed E-state index contributed by atoms with van der Waals surface area (Å²) in [7, 11) is -3.53. The van der Waals surface area contributed by atoms with Crippen molar-refractivity contribution in [3.63, 3.8) is 0 Å². The SMILES string of the molecule is CCC(CC)(COc1cc(C)c(Cl)c(C)c1)CS(N)(=O)=O. The van der Waals surface area contributed by atoms with E-state index in [1.54, 1.807) is 0 Å². The van der Waals surface area contributed by atoms with Gasteiger partial charge in [-0.15, -0.1) is 0 Å². The molecule has 0 bridgehead atoms. The number of halogens is 1. The van der Waals surface area contributed by atoms with Crippen LogP contribution in [0, 0.1) is 19.3 Å². The van der Waals surface area contributed by atoms with Crippen LogP contribution >= 0.6 is 11.6 Å². The lowest BCUT2D eigenvalue weighted by molar-refractivity contribution is 0.154.